The van der Waals surface area contributed by atoms with Gasteiger partial charge in [0.05, 0.1) is 5.69 Å². The van der Waals surface area contributed by atoms with Crippen LogP contribution in [-0.4, -0.2) is 16.2 Å². The maximum atomic E-state index is 11.3. The first-order valence-electron chi connectivity index (χ1n) is 4.18. The molecule has 5 heteroatoms. The zero-order chi connectivity index (χ0) is 11.4. The molecule has 0 saturated carbocycles. The quantitative estimate of drug-likeness (QED) is 0.570. The van der Waals surface area contributed by atoms with E-state index in [1.807, 2.05) is 0 Å². The van der Waals surface area contributed by atoms with Gasteiger partial charge in [-0.25, -0.2) is 0 Å². The molecule has 1 aromatic rings. The van der Waals surface area contributed by atoms with Gasteiger partial charge in [0.15, 0.2) is 5.78 Å². The van der Waals surface area contributed by atoms with Crippen LogP contribution in [0.3, 0.4) is 0 Å². The maximum absolute atomic E-state index is 11.3. The van der Waals surface area contributed by atoms with Crippen molar-refractivity contribution in [3.8, 4) is 5.75 Å². The third-order valence-corrected chi connectivity index (χ3v) is 1.72. The van der Waals surface area contributed by atoms with E-state index in [2.05, 4.69) is 0 Å². The molecule has 0 spiro atoms. The van der Waals surface area contributed by atoms with Crippen LogP contribution in [0, 0.1) is 0 Å². The molecule has 1 aromatic carbocycles. The van der Waals surface area contributed by atoms with Gasteiger partial charge < -0.3 is 5.11 Å². The van der Waals surface area contributed by atoms with Crippen LogP contribution in [0.5, 0.6) is 5.75 Å². The summed E-state index contributed by atoms with van der Waals surface area (Å²) in [6.07, 6.45) is 2.57. The van der Waals surface area contributed by atoms with Gasteiger partial charge >= 0.3 is 0 Å². The molecule has 15 heavy (non-hydrogen) atoms. The molecule has 5 nitrogen and oxygen atoms in total. The smallest absolute Gasteiger partial charge is 0.152 e. The topological polar surface area (TPSA) is 83.8 Å². The van der Waals surface area contributed by atoms with Crippen LogP contribution in [0.25, 0.3) is 6.08 Å². The highest BCUT2D eigenvalue weighted by Gasteiger charge is 1.99. The fraction of sp³-hybridized carbons (Fsp3) is 0.100. The molecule has 0 aromatic heterocycles. The summed E-state index contributed by atoms with van der Waals surface area (Å²) in [5.41, 5.74) is 0.272. The highest BCUT2D eigenvalue weighted by Crippen LogP contribution is 2.21. The molecule has 0 unspecified atom stereocenters. The van der Waals surface area contributed by atoms with Gasteiger partial charge in [0.25, 0.3) is 0 Å². The second-order valence-corrected chi connectivity index (χ2v) is 2.96. The summed E-state index contributed by atoms with van der Waals surface area (Å²) in [7, 11) is 0. The van der Waals surface area contributed by atoms with Crippen molar-refractivity contribution in [3.63, 3.8) is 0 Å². The number of anilines is 1. The van der Waals surface area contributed by atoms with E-state index in [0.717, 1.165) is 0 Å². The van der Waals surface area contributed by atoms with Crippen molar-refractivity contribution in [2.75, 3.05) is 5.23 Å². The SMILES string of the molecule is CC(=O)/C=C/c1cc(N(O)O)ccc1[O-]. The predicted octanol–water partition coefficient (Wildman–Crippen LogP) is 0.947. The van der Waals surface area contributed by atoms with E-state index < -0.39 is 0 Å². The Balaban J connectivity index is 3.05. The van der Waals surface area contributed by atoms with Crippen LogP contribution >= 0.6 is 0 Å². The first-order chi connectivity index (χ1) is 7.00. The summed E-state index contributed by atoms with van der Waals surface area (Å²) >= 11 is 0. The minimum Gasteiger partial charge on any atom is -0.872 e. The van der Waals surface area contributed by atoms with Gasteiger partial charge in [-0.2, -0.15) is 0 Å². The summed E-state index contributed by atoms with van der Waals surface area (Å²) in [6, 6.07) is 3.71. The first-order valence-corrected chi connectivity index (χ1v) is 4.18. The Bertz CT molecular complexity index is 398. The van der Waals surface area contributed by atoms with E-state index in [-0.39, 0.29) is 28.0 Å². The van der Waals surface area contributed by atoms with E-state index in [9.17, 15) is 9.90 Å². The van der Waals surface area contributed by atoms with Crippen molar-refractivity contribution in [2.24, 2.45) is 0 Å². The minimum atomic E-state index is -0.293. The average molecular weight is 208 g/mol. The highest BCUT2D eigenvalue weighted by molar-refractivity contribution is 5.92. The lowest BCUT2D eigenvalue weighted by atomic mass is 10.1. The van der Waals surface area contributed by atoms with Crippen LogP contribution in [0.2, 0.25) is 0 Å². The Hall–Kier alpha value is -1.85. The molecule has 1 rings (SSSR count). The monoisotopic (exact) mass is 208 g/mol. The predicted molar refractivity (Wildman–Crippen MR) is 51.7 cm³/mol. The summed E-state index contributed by atoms with van der Waals surface area (Å²) in [5.74, 6) is -0.484. The number of ketones is 1. The molecule has 0 aliphatic heterocycles. The zero-order valence-electron chi connectivity index (χ0n) is 8.04. The molecular weight excluding hydrogens is 198 g/mol. The van der Waals surface area contributed by atoms with Crippen molar-refractivity contribution >= 4 is 17.5 Å². The molecule has 0 fully saturated rings. The lowest BCUT2D eigenvalue weighted by molar-refractivity contribution is -0.268. The largest absolute Gasteiger partial charge is 0.872 e. The van der Waals surface area contributed by atoms with Crippen molar-refractivity contribution in [3.05, 3.63) is 29.8 Å². The van der Waals surface area contributed by atoms with Gasteiger partial charge in [0, 0.05) is 0 Å². The lowest BCUT2D eigenvalue weighted by Crippen LogP contribution is -2.11. The van der Waals surface area contributed by atoms with Crippen molar-refractivity contribution < 1.29 is 20.3 Å². The van der Waals surface area contributed by atoms with Gasteiger partial charge in [-0.05, 0) is 30.7 Å². The summed E-state index contributed by atoms with van der Waals surface area (Å²) in [4.78, 5) is 10.6. The molecular formula is C10H10NO4-. The van der Waals surface area contributed by atoms with E-state index in [1.54, 1.807) is 0 Å². The number of allylic oxidation sites excluding steroid dienone is 1. The molecule has 80 valence electrons. The Morgan fingerprint density at radius 2 is 2.13 bits per heavy atom. The second kappa shape index (κ2) is 4.59. The van der Waals surface area contributed by atoms with Gasteiger partial charge in [0.1, 0.15) is 0 Å². The molecule has 2 N–H and O–H groups in total. The second-order valence-electron chi connectivity index (χ2n) is 2.96. The Morgan fingerprint density at radius 1 is 1.47 bits per heavy atom. The third-order valence-electron chi connectivity index (χ3n) is 1.72. The molecule has 0 amide bonds. The molecule has 0 bridgehead atoms. The number of carbonyl (C=O) groups is 1. The Morgan fingerprint density at radius 3 is 2.67 bits per heavy atom. The van der Waals surface area contributed by atoms with Gasteiger partial charge in [-0.15, -0.1) is 11.0 Å². The van der Waals surface area contributed by atoms with Crippen LogP contribution in [0.15, 0.2) is 24.3 Å². The minimum absolute atomic E-state index is 0.0535. The third kappa shape index (κ3) is 3.08. The Labute approximate surface area is 86.4 Å². The number of nitrogens with zero attached hydrogens (tertiary/aromatic N) is 1. The standard InChI is InChI=1S/C10H11NO4/c1-7(12)2-3-8-6-9(11(14)15)4-5-10(8)13/h2-6,13-15H,1H3/p-1/b3-2+. The Kier molecular flexibility index (Phi) is 3.43. The normalized spacial score (nSPS) is 10.6. The van der Waals surface area contributed by atoms with Gasteiger partial charge in [-0.3, -0.25) is 15.2 Å². The number of benzene rings is 1. The molecule has 0 saturated heterocycles. The van der Waals surface area contributed by atoms with Gasteiger partial charge in [0.2, 0.25) is 0 Å². The first kappa shape index (κ1) is 11.2. The van der Waals surface area contributed by atoms with E-state index >= 15 is 0 Å². The van der Waals surface area contributed by atoms with E-state index in [1.165, 1.54) is 37.3 Å². The molecule has 0 atom stereocenters. The van der Waals surface area contributed by atoms with E-state index in [4.69, 9.17) is 10.4 Å². The van der Waals surface area contributed by atoms with Crippen molar-refractivity contribution in [2.45, 2.75) is 6.92 Å². The zero-order valence-corrected chi connectivity index (χ0v) is 8.04. The number of hydrogen-bond donors (Lipinski definition) is 2. The van der Waals surface area contributed by atoms with Crippen molar-refractivity contribution in [1.82, 2.24) is 0 Å². The average Bonchev–Trinajstić information content (AvgIpc) is 2.16. The van der Waals surface area contributed by atoms with E-state index in [0.29, 0.717) is 0 Å². The van der Waals surface area contributed by atoms with Crippen molar-refractivity contribution in [1.29, 1.82) is 0 Å². The molecule has 0 heterocycles. The molecule has 0 radical (unpaired) electrons. The van der Waals surface area contributed by atoms with Crippen LogP contribution in [0.4, 0.5) is 5.69 Å². The van der Waals surface area contributed by atoms with Crippen LogP contribution < -0.4 is 10.3 Å². The highest BCUT2D eigenvalue weighted by atomic mass is 16.8. The van der Waals surface area contributed by atoms with Crippen LogP contribution in [0.1, 0.15) is 12.5 Å². The fourth-order valence-corrected chi connectivity index (χ4v) is 0.998. The lowest BCUT2D eigenvalue weighted by Gasteiger charge is -2.14. The van der Waals surface area contributed by atoms with Crippen LogP contribution in [-0.2, 0) is 4.79 Å². The summed E-state index contributed by atoms with van der Waals surface area (Å²) in [5, 5.41) is 28.6. The maximum Gasteiger partial charge on any atom is 0.152 e. The number of carbonyl (C=O) groups excluding carboxylic acids is 1. The number of hydrogen-bond acceptors (Lipinski definition) is 5. The fourth-order valence-electron chi connectivity index (χ4n) is 0.998. The number of rotatable bonds is 3. The van der Waals surface area contributed by atoms with Gasteiger partial charge in [-0.1, -0.05) is 12.1 Å². The summed E-state index contributed by atoms with van der Waals surface area (Å²) in [6.45, 7) is 1.36. The summed E-state index contributed by atoms with van der Waals surface area (Å²) < 4.78 is 0. The molecule has 0 aliphatic rings. The molecule has 0 aliphatic carbocycles.